The number of carbonyl (C=O) groups is 3. The third-order valence-corrected chi connectivity index (χ3v) is 2.44. The maximum absolute atomic E-state index is 11.7. The van der Waals surface area contributed by atoms with Crippen molar-refractivity contribution in [3.63, 3.8) is 0 Å². The van der Waals surface area contributed by atoms with E-state index < -0.39 is 23.5 Å². The van der Waals surface area contributed by atoms with Crippen molar-refractivity contribution in [2.24, 2.45) is 0 Å². The Bertz CT molecular complexity index is 537. The molecule has 0 aliphatic carbocycles. The molecule has 0 unspecified atom stereocenters. The standard InChI is InChI=1S/C15H21N3O4/c1-15(2,3)22-14(21)18(4)10-12(19)16-17-13(20)11-8-6-5-7-9-11/h5-9H,10H2,1-4H3,(H,16,19)(H,17,20). The van der Waals surface area contributed by atoms with E-state index in [2.05, 4.69) is 10.9 Å². The van der Waals surface area contributed by atoms with Crippen LogP contribution in [0.3, 0.4) is 0 Å². The van der Waals surface area contributed by atoms with Crippen LogP contribution in [-0.2, 0) is 9.53 Å². The fourth-order valence-electron chi connectivity index (χ4n) is 1.45. The number of likely N-dealkylation sites (N-methyl/N-ethyl adjacent to an activating group) is 1. The van der Waals surface area contributed by atoms with Crippen LogP contribution in [0.5, 0.6) is 0 Å². The van der Waals surface area contributed by atoms with E-state index in [4.69, 9.17) is 4.74 Å². The fraction of sp³-hybridized carbons (Fsp3) is 0.400. The highest BCUT2D eigenvalue weighted by Gasteiger charge is 2.21. The van der Waals surface area contributed by atoms with Crippen molar-refractivity contribution in [1.82, 2.24) is 15.8 Å². The summed E-state index contributed by atoms with van der Waals surface area (Å²) >= 11 is 0. The Morgan fingerprint density at radius 3 is 2.23 bits per heavy atom. The number of hydrogen-bond acceptors (Lipinski definition) is 4. The molecule has 0 radical (unpaired) electrons. The maximum Gasteiger partial charge on any atom is 0.410 e. The molecule has 7 nitrogen and oxygen atoms in total. The minimum absolute atomic E-state index is 0.232. The minimum Gasteiger partial charge on any atom is -0.444 e. The SMILES string of the molecule is CN(CC(=O)NNC(=O)c1ccccc1)C(=O)OC(C)(C)C. The molecule has 0 bridgehead atoms. The second-order valence-corrected chi connectivity index (χ2v) is 5.70. The predicted molar refractivity (Wildman–Crippen MR) is 80.9 cm³/mol. The van der Waals surface area contributed by atoms with Gasteiger partial charge in [0.25, 0.3) is 11.8 Å². The van der Waals surface area contributed by atoms with Crippen molar-refractivity contribution in [2.45, 2.75) is 26.4 Å². The number of hydrogen-bond donors (Lipinski definition) is 2. The van der Waals surface area contributed by atoms with Gasteiger partial charge in [0.05, 0.1) is 0 Å². The smallest absolute Gasteiger partial charge is 0.410 e. The van der Waals surface area contributed by atoms with Gasteiger partial charge < -0.3 is 9.64 Å². The molecule has 3 amide bonds. The van der Waals surface area contributed by atoms with E-state index in [0.717, 1.165) is 4.90 Å². The quantitative estimate of drug-likeness (QED) is 0.824. The first kappa shape index (κ1) is 17.5. The first-order valence-corrected chi connectivity index (χ1v) is 6.77. The third-order valence-electron chi connectivity index (χ3n) is 2.44. The summed E-state index contributed by atoms with van der Waals surface area (Å²) in [5.74, 6) is -0.966. The molecule has 0 heterocycles. The number of hydrazine groups is 1. The summed E-state index contributed by atoms with van der Waals surface area (Å²) < 4.78 is 5.11. The van der Waals surface area contributed by atoms with Gasteiger partial charge in [-0.2, -0.15) is 0 Å². The zero-order valence-corrected chi connectivity index (χ0v) is 13.2. The Morgan fingerprint density at radius 2 is 1.68 bits per heavy atom. The number of benzene rings is 1. The number of nitrogens with zero attached hydrogens (tertiary/aromatic N) is 1. The monoisotopic (exact) mass is 307 g/mol. The molecule has 0 aromatic heterocycles. The molecule has 0 atom stereocenters. The van der Waals surface area contributed by atoms with Gasteiger partial charge >= 0.3 is 6.09 Å². The Kier molecular flexibility index (Phi) is 5.91. The molecule has 0 saturated heterocycles. The topological polar surface area (TPSA) is 87.7 Å². The summed E-state index contributed by atoms with van der Waals surface area (Å²) in [6.45, 7) is 4.97. The van der Waals surface area contributed by atoms with E-state index in [-0.39, 0.29) is 6.54 Å². The highest BCUT2D eigenvalue weighted by Crippen LogP contribution is 2.08. The lowest BCUT2D eigenvalue weighted by molar-refractivity contribution is -0.122. The Labute approximate surface area is 129 Å². The molecular weight excluding hydrogens is 286 g/mol. The van der Waals surface area contributed by atoms with Crippen LogP contribution < -0.4 is 10.9 Å². The molecule has 1 aromatic carbocycles. The van der Waals surface area contributed by atoms with Gasteiger partial charge in [-0.25, -0.2) is 4.79 Å². The molecule has 120 valence electrons. The van der Waals surface area contributed by atoms with Gasteiger partial charge in [-0.05, 0) is 32.9 Å². The van der Waals surface area contributed by atoms with Crippen LogP contribution in [0.4, 0.5) is 4.79 Å². The van der Waals surface area contributed by atoms with Crippen LogP contribution in [0.25, 0.3) is 0 Å². The maximum atomic E-state index is 11.7. The second kappa shape index (κ2) is 7.44. The lowest BCUT2D eigenvalue weighted by Crippen LogP contribution is -2.47. The average molecular weight is 307 g/mol. The molecule has 22 heavy (non-hydrogen) atoms. The highest BCUT2D eigenvalue weighted by molar-refractivity contribution is 5.95. The Balaban J connectivity index is 2.40. The molecule has 1 rings (SSSR count). The van der Waals surface area contributed by atoms with Gasteiger partial charge in [0.2, 0.25) is 0 Å². The summed E-state index contributed by atoms with van der Waals surface area (Å²) in [6, 6.07) is 8.45. The number of carbonyl (C=O) groups excluding carboxylic acids is 3. The van der Waals surface area contributed by atoms with Crippen LogP contribution >= 0.6 is 0 Å². The minimum atomic E-state index is -0.636. The normalized spacial score (nSPS) is 10.5. The first-order valence-electron chi connectivity index (χ1n) is 6.77. The summed E-state index contributed by atoms with van der Waals surface area (Å²) in [6.07, 6.45) is -0.614. The molecular formula is C15H21N3O4. The van der Waals surface area contributed by atoms with Gasteiger partial charge in [-0.15, -0.1) is 0 Å². The van der Waals surface area contributed by atoms with Crippen LogP contribution in [0.2, 0.25) is 0 Å². The highest BCUT2D eigenvalue weighted by atomic mass is 16.6. The summed E-state index contributed by atoms with van der Waals surface area (Å²) in [5, 5.41) is 0. The van der Waals surface area contributed by atoms with Crippen molar-refractivity contribution in [1.29, 1.82) is 0 Å². The van der Waals surface area contributed by atoms with Crippen molar-refractivity contribution >= 4 is 17.9 Å². The lowest BCUT2D eigenvalue weighted by atomic mass is 10.2. The van der Waals surface area contributed by atoms with E-state index in [1.807, 2.05) is 0 Å². The van der Waals surface area contributed by atoms with Crippen LogP contribution in [-0.4, -0.2) is 42.0 Å². The predicted octanol–water partition coefficient (Wildman–Crippen LogP) is 1.31. The van der Waals surface area contributed by atoms with Gasteiger partial charge in [-0.3, -0.25) is 20.4 Å². The van der Waals surface area contributed by atoms with E-state index in [9.17, 15) is 14.4 Å². The summed E-state index contributed by atoms with van der Waals surface area (Å²) in [4.78, 5) is 36.2. The van der Waals surface area contributed by atoms with E-state index >= 15 is 0 Å². The van der Waals surface area contributed by atoms with Crippen molar-refractivity contribution in [3.8, 4) is 0 Å². The molecule has 0 spiro atoms. The van der Waals surface area contributed by atoms with Crippen LogP contribution in [0.1, 0.15) is 31.1 Å². The Hall–Kier alpha value is -2.57. The third kappa shape index (κ3) is 6.25. The van der Waals surface area contributed by atoms with E-state index in [0.29, 0.717) is 5.56 Å². The van der Waals surface area contributed by atoms with E-state index in [1.54, 1.807) is 51.1 Å². The first-order chi connectivity index (χ1) is 10.2. The molecule has 7 heteroatoms. The average Bonchev–Trinajstić information content (AvgIpc) is 2.43. The molecule has 0 aliphatic heterocycles. The van der Waals surface area contributed by atoms with Crippen molar-refractivity contribution < 1.29 is 19.1 Å². The second-order valence-electron chi connectivity index (χ2n) is 5.70. The van der Waals surface area contributed by atoms with Gasteiger partial charge in [0.15, 0.2) is 0 Å². The van der Waals surface area contributed by atoms with Crippen molar-refractivity contribution in [2.75, 3.05) is 13.6 Å². The van der Waals surface area contributed by atoms with Crippen LogP contribution in [0, 0.1) is 0 Å². The molecule has 1 aromatic rings. The Morgan fingerprint density at radius 1 is 1.09 bits per heavy atom. The van der Waals surface area contributed by atoms with E-state index in [1.165, 1.54) is 7.05 Å². The number of rotatable bonds is 3. The summed E-state index contributed by atoms with van der Waals surface area (Å²) in [5.41, 5.74) is 4.30. The fourth-order valence-corrected chi connectivity index (χ4v) is 1.45. The molecule has 2 N–H and O–H groups in total. The summed E-state index contributed by atoms with van der Waals surface area (Å²) in [7, 11) is 1.44. The van der Waals surface area contributed by atoms with Gasteiger partial charge in [0.1, 0.15) is 12.1 Å². The molecule has 0 fully saturated rings. The zero-order valence-electron chi connectivity index (χ0n) is 13.2. The number of amides is 3. The molecule has 0 aliphatic rings. The van der Waals surface area contributed by atoms with Gasteiger partial charge in [-0.1, -0.05) is 18.2 Å². The zero-order chi connectivity index (χ0) is 16.8. The number of nitrogens with one attached hydrogen (secondary N) is 2. The van der Waals surface area contributed by atoms with Crippen molar-refractivity contribution in [3.05, 3.63) is 35.9 Å². The molecule has 0 saturated carbocycles. The largest absolute Gasteiger partial charge is 0.444 e. The lowest BCUT2D eigenvalue weighted by Gasteiger charge is -2.24. The van der Waals surface area contributed by atoms with Crippen LogP contribution in [0.15, 0.2) is 30.3 Å². The number of ether oxygens (including phenoxy) is 1. The van der Waals surface area contributed by atoms with Gasteiger partial charge in [0, 0.05) is 12.6 Å².